The van der Waals surface area contributed by atoms with Gasteiger partial charge in [0.2, 0.25) is 0 Å². The molecule has 1 N–H and O–H groups in total. The summed E-state index contributed by atoms with van der Waals surface area (Å²) in [5, 5.41) is 9.14. The van der Waals surface area contributed by atoms with Crippen molar-refractivity contribution in [3.05, 3.63) is 59.0 Å². The van der Waals surface area contributed by atoms with E-state index in [1.807, 2.05) is 4.90 Å². The number of aliphatic hydroxyl groups is 1. The fourth-order valence-electron chi connectivity index (χ4n) is 3.14. The summed E-state index contributed by atoms with van der Waals surface area (Å²) >= 11 is 0. The second kappa shape index (κ2) is 7.21. The third-order valence-corrected chi connectivity index (χ3v) is 4.58. The van der Waals surface area contributed by atoms with Crippen molar-refractivity contribution < 1.29 is 18.3 Å². The van der Waals surface area contributed by atoms with Gasteiger partial charge >= 0.3 is 0 Å². The molecule has 1 aliphatic heterocycles. The molecule has 0 atom stereocenters. The number of piperidine rings is 1. The first kappa shape index (κ1) is 16.8. The normalized spacial score (nSPS) is 15.8. The monoisotopic (exact) mass is 336 g/mol. The summed E-state index contributed by atoms with van der Waals surface area (Å²) < 4.78 is 40.9. The van der Waals surface area contributed by atoms with Crippen molar-refractivity contribution in [1.29, 1.82) is 0 Å². The van der Waals surface area contributed by atoms with Gasteiger partial charge in [0.25, 0.3) is 0 Å². The van der Waals surface area contributed by atoms with E-state index < -0.39 is 17.5 Å². The van der Waals surface area contributed by atoms with Gasteiger partial charge in [-0.05, 0) is 43.4 Å². The molecular weight excluding hydrogens is 317 g/mol. The van der Waals surface area contributed by atoms with E-state index in [0.29, 0.717) is 25.3 Å². The third kappa shape index (κ3) is 3.53. The van der Waals surface area contributed by atoms with Crippen molar-refractivity contribution in [3.8, 4) is 0 Å². The Morgan fingerprint density at radius 3 is 2.38 bits per heavy atom. The molecule has 128 valence electrons. The maximum Gasteiger partial charge on any atom is 0.147 e. The lowest BCUT2D eigenvalue weighted by Gasteiger charge is -2.33. The van der Waals surface area contributed by atoms with Gasteiger partial charge in [0.15, 0.2) is 0 Å². The summed E-state index contributed by atoms with van der Waals surface area (Å²) in [4.78, 5) is 6.07. The van der Waals surface area contributed by atoms with Crippen LogP contribution in [-0.4, -0.2) is 23.2 Å². The molecule has 24 heavy (non-hydrogen) atoms. The van der Waals surface area contributed by atoms with E-state index in [1.54, 1.807) is 6.07 Å². The van der Waals surface area contributed by atoms with Gasteiger partial charge in [0.05, 0.1) is 12.8 Å². The standard InChI is InChI=1S/C18H19F3N2O/c19-15-2-1-3-16(20)14(15)8-12-4-6-23(7-5-12)18-9-13(11-24)17(21)10-22-18/h1-3,9-10,12,24H,4-8,11H2. The predicted molar refractivity (Wildman–Crippen MR) is 85.1 cm³/mol. The van der Waals surface area contributed by atoms with E-state index in [9.17, 15) is 13.2 Å². The summed E-state index contributed by atoms with van der Waals surface area (Å²) in [5.41, 5.74) is 0.369. The summed E-state index contributed by atoms with van der Waals surface area (Å²) in [6.07, 6.45) is 3.05. The molecule has 0 saturated carbocycles. The van der Waals surface area contributed by atoms with E-state index in [1.165, 1.54) is 18.2 Å². The average molecular weight is 336 g/mol. The molecule has 6 heteroatoms. The van der Waals surface area contributed by atoms with Crippen LogP contribution in [0.1, 0.15) is 24.0 Å². The molecule has 1 aliphatic rings. The summed E-state index contributed by atoms with van der Waals surface area (Å²) in [7, 11) is 0. The fourth-order valence-corrected chi connectivity index (χ4v) is 3.14. The van der Waals surface area contributed by atoms with Crippen LogP contribution in [0.2, 0.25) is 0 Å². The van der Waals surface area contributed by atoms with Crippen LogP contribution in [0.15, 0.2) is 30.5 Å². The second-order valence-corrected chi connectivity index (χ2v) is 6.13. The Morgan fingerprint density at radius 2 is 1.75 bits per heavy atom. The van der Waals surface area contributed by atoms with Crippen LogP contribution >= 0.6 is 0 Å². The number of pyridine rings is 1. The van der Waals surface area contributed by atoms with E-state index in [4.69, 9.17) is 5.11 Å². The Bertz CT molecular complexity index is 695. The zero-order valence-corrected chi connectivity index (χ0v) is 13.2. The predicted octanol–water partition coefficient (Wildman–Crippen LogP) is 3.45. The average Bonchev–Trinajstić information content (AvgIpc) is 2.59. The lowest BCUT2D eigenvalue weighted by atomic mass is 9.89. The molecular formula is C18H19F3N2O. The number of nitrogens with zero attached hydrogens (tertiary/aromatic N) is 2. The Hall–Kier alpha value is -2.08. The summed E-state index contributed by atoms with van der Waals surface area (Å²) in [5.74, 6) is -0.692. The van der Waals surface area contributed by atoms with Gasteiger partial charge < -0.3 is 10.0 Å². The minimum atomic E-state index is -0.522. The first-order valence-corrected chi connectivity index (χ1v) is 8.01. The van der Waals surface area contributed by atoms with Crippen molar-refractivity contribution in [3.63, 3.8) is 0 Å². The van der Waals surface area contributed by atoms with Crippen LogP contribution in [0.4, 0.5) is 19.0 Å². The maximum absolute atomic E-state index is 13.7. The van der Waals surface area contributed by atoms with Gasteiger partial charge in [-0.3, -0.25) is 0 Å². The molecule has 0 radical (unpaired) electrons. The van der Waals surface area contributed by atoms with Gasteiger partial charge in [-0.2, -0.15) is 0 Å². The van der Waals surface area contributed by atoms with E-state index in [-0.39, 0.29) is 23.7 Å². The van der Waals surface area contributed by atoms with E-state index in [2.05, 4.69) is 4.98 Å². The highest BCUT2D eigenvalue weighted by molar-refractivity contribution is 5.41. The first-order chi connectivity index (χ1) is 11.6. The minimum absolute atomic E-state index is 0.151. The lowest BCUT2D eigenvalue weighted by molar-refractivity contribution is 0.275. The number of benzene rings is 1. The van der Waals surface area contributed by atoms with Crippen molar-refractivity contribution in [2.75, 3.05) is 18.0 Å². The van der Waals surface area contributed by atoms with Crippen LogP contribution in [0.25, 0.3) is 0 Å². The number of halogens is 3. The van der Waals surface area contributed by atoms with Crippen molar-refractivity contribution >= 4 is 5.82 Å². The number of aromatic nitrogens is 1. The third-order valence-electron chi connectivity index (χ3n) is 4.58. The molecule has 1 fully saturated rings. The quantitative estimate of drug-likeness (QED) is 0.929. The first-order valence-electron chi connectivity index (χ1n) is 8.01. The van der Waals surface area contributed by atoms with Gasteiger partial charge in [-0.1, -0.05) is 6.07 Å². The fraction of sp³-hybridized carbons (Fsp3) is 0.389. The van der Waals surface area contributed by atoms with Crippen molar-refractivity contribution in [2.45, 2.75) is 25.9 Å². The van der Waals surface area contributed by atoms with Crippen molar-refractivity contribution in [2.24, 2.45) is 5.92 Å². The zero-order chi connectivity index (χ0) is 17.1. The van der Waals surface area contributed by atoms with Gasteiger partial charge in [-0.15, -0.1) is 0 Å². The smallest absolute Gasteiger partial charge is 0.147 e. The van der Waals surface area contributed by atoms with Crippen LogP contribution in [0, 0.1) is 23.4 Å². The van der Waals surface area contributed by atoms with E-state index in [0.717, 1.165) is 19.0 Å². The van der Waals surface area contributed by atoms with E-state index >= 15 is 0 Å². The molecule has 1 aromatic carbocycles. The number of hydrogen-bond donors (Lipinski definition) is 1. The highest BCUT2D eigenvalue weighted by Crippen LogP contribution is 2.27. The van der Waals surface area contributed by atoms with Crippen LogP contribution in [0.3, 0.4) is 0 Å². The largest absolute Gasteiger partial charge is 0.392 e. The molecule has 0 unspecified atom stereocenters. The molecule has 0 bridgehead atoms. The van der Waals surface area contributed by atoms with Gasteiger partial charge in [0.1, 0.15) is 23.3 Å². The highest BCUT2D eigenvalue weighted by atomic mass is 19.1. The maximum atomic E-state index is 13.7. The number of hydrogen-bond acceptors (Lipinski definition) is 3. The number of rotatable bonds is 4. The molecule has 0 aliphatic carbocycles. The van der Waals surface area contributed by atoms with Gasteiger partial charge in [0, 0.05) is 24.2 Å². The van der Waals surface area contributed by atoms with Gasteiger partial charge in [-0.25, -0.2) is 18.2 Å². The van der Waals surface area contributed by atoms with Crippen molar-refractivity contribution in [1.82, 2.24) is 4.98 Å². The zero-order valence-electron chi connectivity index (χ0n) is 13.2. The Kier molecular flexibility index (Phi) is 5.04. The minimum Gasteiger partial charge on any atom is -0.392 e. The SMILES string of the molecule is OCc1cc(N2CCC(Cc3c(F)cccc3F)CC2)ncc1F. The van der Waals surface area contributed by atoms with Crippen LogP contribution in [-0.2, 0) is 13.0 Å². The molecule has 3 rings (SSSR count). The van der Waals surface area contributed by atoms with Crippen LogP contribution in [0.5, 0.6) is 0 Å². The molecule has 0 spiro atoms. The van der Waals surface area contributed by atoms with Crippen LogP contribution < -0.4 is 4.90 Å². The Morgan fingerprint density at radius 1 is 1.08 bits per heavy atom. The molecule has 2 heterocycles. The Balaban J connectivity index is 1.64. The molecule has 1 saturated heterocycles. The summed E-state index contributed by atoms with van der Waals surface area (Å²) in [6, 6.07) is 5.49. The molecule has 2 aromatic rings. The topological polar surface area (TPSA) is 36.4 Å². The second-order valence-electron chi connectivity index (χ2n) is 6.13. The number of aliphatic hydroxyl groups excluding tert-OH is 1. The summed E-state index contributed by atoms with van der Waals surface area (Å²) in [6.45, 7) is 0.999. The lowest BCUT2D eigenvalue weighted by Crippen LogP contribution is -2.35. The molecule has 0 amide bonds. The Labute approximate surface area is 138 Å². The molecule has 3 nitrogen and oxygen atoms in total. The molecule has 1 aromatic heterocycles. The highest BCUT2D eigenvalue weighted by Gasteiger charge is 2.23. The number of anilines is 1.